The summed E-state index contributed by atoms with van der Waals surface area (Å²) in [4.78, 5) is 0. The maximum absolute atomic E-state index is 9.52. The summed E-state index contributed by atoms with van der Waals surface area (Å²) in [7, 11) is 0. The van der Waals surface area contributed by atoms with E-state index in [0.29, 0.717) is 33.2 Å². The van der Waals surface area contributed by atoms with Gasteiger partial charge in [-0.25, -0.2) is 0 Å². The number of hydrogen-bond donors (Lipinski definition) is 0. The second kappa shape index (κ2) is 10.2. The Morgan fingerprint density at radius 3 is 1.79 bits per heavy atom. The predicted octanol–water partition coefficient (Wildman–Crippen LogP) is 13.2. The molecule has 0 aliphatic rings. The first-order valence-electron chi connectivity index (χ1n) is 19.5. The molecule has 0 saturated carbocycles. The lowest BCUT2D eigenvalue weighted by molar-refractivity contribution is 0.669. The molecule has 9 aromatic carbocycles. The molecule has 1 heteroatoms. The Hall–Kier alpha value is -6.18. The molecule has 0 unspecified atom stereocenters. The number of rotatable bonds is 3. The van der Waals surface area contributed by atoms with Crippen molar-refractivity contribution in [2.75, 3.05) is 0 Å². The molecule has 0 bridgehead atoms. The van der Waals surface area contributed by atoms with Gasteiger partial charge in [0.25, 0.3) is 0 Å². The summed E-state index contributed by atoms with van der Waals surface area (Å²) in [6, 6.07) is 36.1. The van der Waals surface area contributed by atoms with Gasteiger partial charge in [0.15, 0.2) is 0 Å². The molecule has 218 valence electrons. The maximum atomic E-state index is 9.52. The van der Waals surface area contributed by atoms with Crippen LogP contribution in [0.1, 0.15) is 11.0 Å². The third-order valence-corrected chi connectivity index (χ3v) is 9.30. The van der Waals surface area contributed by atoms with E-state index in [1.807, 2.05) is 115 Å². The molecule has 10 aromatic rings. The summed E-state index contributed by atoms with van der Waals surface area (Å²) in [6.45, 7) is 0. The first-order chi connectivity index (χ1) is 26.7. The number of furan rings is 1. The van der Waals surface area contributed by atoms with E-state index < -0.39 is 24.2 Å². The molecular weight excluding hydrogens is 569 g/mol. The molecule has 0 radical (unpaired) electrons. The van der Waals surface area contributed by atoms with Gasteiger partial charge in [0.2, 0.25) is 0 Å². The average Bonchev–Trinajstić information content (AvgIpc) is 3.61. The zero-order valence-electron chi connectivity index (χ0n) is 33.0. The minimum absolute atomic E-state index is 0.164. The van der Waals surface area contributed by atoms with E-state index in [4.69, 9.17) is 9.90 Å². The molecule has 0 aliphatic carbocycles. The first-order valence-corrected chi connectivity index (χ1v) is 15.5. The number of hydrogen-bond acceptors (Lipinski definition) is 1. The highest BCUT2D eigenvalue weighted by Gasteiger charge is 2.21. The fourth-order valence-electron chi connectivity index (χ4n) is 7.27. The van der Waals surface area contributed by atoms with Crippen LogP contribution >= 0.6 is 0 Å². The van der Waals surface area contributed by atoms with Gasteiger partial charge in [0.05, 0.1) is 11.0 Å². The standard InChI is InChI=1S/C46H28O/c1-2-12-29(13-3-1)31-25-27-42-41(28-31)46-40(22-11-23-43(46)47-42)45-38-18-8-6-16-36(38)44(37-17-7-9-19-39(37)45)35-21-10-20-33-32-15-5-4-14-30(32)24-26-34(33)35/h1-28H/i6D,7D,8D,9D,16D,17D,18D,19D. The summed E-state index contributed by atoms with van der Waals surface area (Å²) in [5, 5.41) is 5.82. The summed E-state index contributed by atoms with van der Waals surface area (Å²) >= 11 is 0. The molecule has 1 nitrogen and oxygen atoms in total. The molecule has 1 heterocycles. The highest BCUT2D eigenvalue weighted by Crippen LogP contribution is 2.48. The Labute approximate surface area is 283 Å². The van der Waals surface area contributed by atoms with Crippen LogP contribution < -0.4 is 0 Å². The van der Waals surface area contributed by atoms with Gasteiger partial charge in [0, 0.05) is 10.8 Å². The molecule has 0 aliphatic heterocycles. The van der Waals surface area contributed by atoms with Gasteiger partial charge in [-0.05, 0) is 94.7 Å². The molecular formula is C46H28O. The highest BCUT2D eigenvalue weighted by atomic mass is 16.3. The summed E-state index contributed by atoms with van der Waals surface area (Å²) in [5.41, 5.74) is 4.83. The molecule has 0 fully saturated rings. The predicted molar refractivity (Wildman–Crippen MR) is 200 cm³/mol. The molecule has 1 aromatic heterocycles. The van der Waals surface area contributed by atoms with Crippen molar-refractivity contribution in [3.63, 3.8) is 0 Å². The topological polar surface area (TPSA) is 13.1 Å². The van der Waals surface area contributed by atoms with Crippen molar-refractivity contribution in [3.8, 4) is 33.4 Å². The molecule has 0 amide bonds. The third kappa shape index (κ3) is 3.90. The van der Waals surface area contributed by atoms with Crippen LogP contribution in [0.5, 0.6) is 0 Å². The monoisotopic (exact) mass is 604 g/mol. The van der Waals surface area contributed by atoms with Crippen molar-refractivity contribution >= 4 is 65.0 Å². The zero-order chi connectivity index (χ0) is 37.9. The fraction of sp³-hybridized carbons (Fsp3) is 0. The van der Waals surface area contributed by atoms with Crippen molar-refractivity contribution < 1.29 is 15.4 Å². The quantitative estimate of drug-likeness (QED) is 0.144. The third-order valence-electron chi connectivity index (χ3n) is 9.30. The Kier molecular flexibility index (Phi) is 4.19. The molecule has 0 atom stereocenters. The van der Waals surface area contributed by atoms with E-state index in [0.717, 1.165) is 38.1 Å². The minimum atomic E-state index is -0.440. The fourth-order valence-corrected chi connectivity index (χ4v) is 7.27. The smallest absolute Gasteiger partial charge is 0.136 e. The maximum Gasteiger partial charge on any atom is 0.136 e. The van der Waals surface area contributed by atoms with E-state index >= 15 is 0 Å². The van der Waals surface area contributed by atoms with Gasteiger partial charge in [-0.3, -0.25) is 0 Å². The van der Waals surface area contributed by atoms with Crippen LogP contribution in [0, 0.1) is 0 Å². The SMILES string of the molecule is [2H]c1c([2H])c([2H])c2c(-c3cccc4oc5ccc(-c6ccccc6)cc5c34)c3c([2H])c([2H])c([2H])c([2H])c3c(-c3cccc4c3ccc3ccccc34)c2c1[2H]. The van der Waals surface area contributed by atoms with Crippen molar-refractivity contribution in [2.24, 2.45) is 0 Å². The number of benzene rings is 9. The summed E-state index contributed by atoms with van der Waals surface area (Å²) in [6.07, 6.45) is 0. The molecule has 10 rings (SSSR count). The van der Waals surface area contributed by atoms with Crippen LogP contribution in [-0.2, 0) is 0 Å². The van der Waals surface area contributed by atoms with E-state index in [1.165, 1.54) is 0 Å². The van der Waals surface area contributed by atoms with Crippen molar-refractivity contribution in [3.05, 3.63) is 170 Å². The van der Waals surface area contributed by atoms with Crippen molar-refractivity contribution in [1.29, 1.82) is 0 Å². The van der Waals surface area contributed by atoms with E-state index in [9.17, 15) is 5.48 Å². The van der Waals surface area contributed by atoms with Gasteiger partial charge in [-0.1, -0.05) is 151 Å². The second-order valence-electron chi connectivity index (χ2n) is 11.8. The summed E-state index contributed by atoms with van der Waals surface area (Å²) in [5.74, 6) is 0. The average molecular weight is 605 g/mol. The molecule has 47 heavy (non-hydrogen) atoms. The van der Waals surface area contributed by atoms with Crippen LogP contribution in [0.15, 0.2) is 174 Å². The van der Waals surface area contributed by atoms with Crippen LogP contribution in [-0.4, -0.2) is 0 Å². The van der Waals surface area contributed by atoms with Gasteiger partial charge >= 0.3 is 0 Å². The van der Waals surface area contributed by atoms with Crippen LogP contribution in [0.4, 0.5) is 0 Å². The van der Waals surface area contributed by atoms with E-state index in [2.05, 4.69) is 0 Å². The Morgan fingerprint density at radius 2 is 1.02 bits per heavy atom. The van der Waals surface area contributed by atoms with Gasteiger partial charge in [-0.15, -0.1) is 0 Å². The zero-order valence-corrected chi connectivity index (χ0v) is 25.0. The Morgan fingerprint density at radius 1 is 0.383 bits per heavy atom. The summed E-state index contributed by atoms with van der Waals surface area (Å²) < 4.78 is 80.1. The van der Waals surface area contributed by atoms with Crippen molar-refractivity contribution in [1.82, 2.24) is 0 Å². The van der Waals surface area contributed by atoms with E-state index in [1.54, 1.807) is 6.07 Å². The van der Waals surface area contributed by atoms with Crippen LogP contribution in [0.2, 0.25) is 0 Å². The van der Waals surface area contributed by atoms with Crippen molar-refractivity contribution in [2.45, 2.75) is 0 Å². The van der Waals surface area contributed by atoms with Gasteiger partial charge < -0.3 is 4.42 Å². The second-order valence-corrected chi connectivity index (χ2v) is 11.8. The highest BCUT2D eigenvalue weighted by molar-refractivity contribution is 6.27. The number of fused-ring (bicyclic) bond motifs is 8. The van der Waals surface area contributed by atoms with Gasteiger partial charge in [-0.2, -0.15) is 0 Å². The lowest BCUT2D eigenvalue weighted by Gasteiger charge is -2.19. The van der Waals surface area contributed by atoms with E-state index in [-0.39, 0.29) is 51.3 Å². The van der Waals surface area contributed by atoms with Crippen LogP contribution in [0.25, 0.3) is 98.4 Å². The first kappa shape index (κ1) is 19.4. The molecule has 0 saturated heterocycles. The Balaban J connectivity index is 1.46. The normalized spacial score (nSPS) is 14.2. The lowest BCUT2D eigenvalue weighted by atomic mass is 9.83. The lowest BCUT2D eigenvalue weighted by Crippen LogP contribution is -1.92. The molecule has 0 spiro atoms. The minimum Gasteiger partial charge on any atom is -0.456 e. The Bertz CT molecular complexity index is 3220. The van der Waals surface area contributed by atoms with Crippen LogP contribution in [0.3, 0.4) is 0 Å². The van der Waals surface area contributed by atoms with Gasteiger partial charge in [0.1, 0.15) is 11.2 Å². The molecule has 0 N–H and O–H groups in total. The largest absolute Gasteiger partial charge is 0.456 e.